The number of fused-ring (bicyclic) bond motifs is 2. The van der Waals surface area contributed by atoms with Crippen molar-refractivity contribution in [3.05, 3.63) is 72.0 Å². The quantitative estimate of drug-likeness (QED) is 0.291. The van der Waals surface area contributed by atoms with Crippen molar-refractivity contribution < 1.29 is 9.18 Å². The molecule has 1 aliphatic rings. The average molecular weight is 503 g/mol. The number of para-hydroxylation sites is 1. The topological polar surface area (TPSA) is 58.1 Å². The van der Waals surface area contributed by atoms with Gasteiger partial charge in [-0.3, -0.25) is 4.79 Å². The first-order valence-corrected chi connectivity index (χ1v) is 13.3. The molecule has 2 aromatic heterocycles. The molecule has 1 fully saturated rings. The third-order valence-corrected chi connectivity index (χ3v) is 8.51. The van der Waals surface area contributed by atoms with Gasteiger partial charge in [-0.25, -0.2) is 14.4 Å². The molecule has 0 aliphatic carbocycles. The molecule has 5 aromatic rings. The first-order chi connectivity index (χ1) is 17.0. The van der Waals surface area contributed by atoms with Crippen molar-refractivity contribution in [2.24, 2.45) is 5.92 Å². The molecule has 1 atom stereocenters. The Balaban J connectivity index is 1.14. The zero-order valence-corrected chi connectivity index (χ0v) is 20.8. The number of hydrogen-bond donors (Lipinski definition) is 1. The number of benzene rings is 3. The highest BCUT2D eigenvalue weighted by atomic mass is 32.1. The number of amides is 1. The van der Waals surface area contributed by atoms with Crippen LogP contribution in [0.1, 0.15) is 18.4 Å². The average Bonchev–Trinajstić information content (AvgIpc) is 3.50. The van der Waals surface area contributed by atoms with Crippen molar-refractivity contribution in [1.29, 1.82) is 0 Å². The second kappa shape index (κ2) is 9.02. The van der Waals surface area contributed by atoms with Crippen LogP contribution in [0.2, 0.25) is 0 Å². The number of carbonyl (C=O) groups excluding carboxylic acids is 1. The lowest BCUT2D eigenvalue weighted by atomic mass is 9.97. The van der Waals surface area contributed by atoms with E-state index in [0.717, 1.165) is 51.0 Å². The van der Waals surface area contributed by atoms with E-state index in [9.17, 15) is 9.18 Å². The maximum Gasteiger partial charge on any atom is 0.229 e. The third kappa shape index (κ3) is 4.39. The summed E-state index contributed by atoms with van der Waals surface area (Å²) >= 11 is 3.15. The first kappa shape index (κ1) is 22.1. The molecule has 176 valence electrons. The zero-order chi connectivity index (χ0) is 23.9. The van der Waals surface area contributed by atoms with Crippen LogP contribution in [-0.4, -0.2) is 29.0 Å². The third-order valence-electron chi connectivity index (χ3n) is 6.36. The van der Waals surface area contributed by atoms with Crippen LogP contribution in [0.25, 0.3) is 31.0 Å². The molecule has 1 unspecified atom stereocenters. The smallest absolute Gasteiger partial charge is 0.229 e. The Kier molecular flexibility index (Phi) is 5.70. The first-order valence-electron chi connectivity index (χ1n) is 11.6. The fraction of sp³-hybridized carbons (Fsp3) is 0.222. The molecular weight excluding hydrogens is 479 g/mol. The van der Waals surface area contributed by atoms with Gasteiger partial charge in [-0.05, 0) is 73.9 Å². The summed E-state index contributed by atoms with van der Waals surface area (Å²) in [5.41, 5.74) is 4.44. The van der Waals surface area contributed by atoms with Crippen molar-refractivity contribution in [2.45, 2.75) is 19.8 Å². The molecule has 0 saturated carbocycles. The highest BCUT2D eigenvalue weighted by molar-refractivity contribution is 7.22. The second-order valence-corrected chi connectivity index (χ2v) is 11.0. The highest BCUT2D eigenvalue weighted by Crippen LogP contribution is 2.34. The second-order valence-electron chi connectivity index (χ2n) is 8.92. The van der Waals surface area contributed by atoms with Gasteiger partial charge in [-0.15, -0.1) is 11.3 Å². The predicted molar refractivity (Wildman–Crippen MR) is 143 cm³/mol. The standard InChI is InChI=1S/C27H23FN4OS2/c1-16-7-12-21-23(14-16)34-26(30-21)17-8-10-19(11-9-17)29-25(33)18-4-3-13-32(15-18)27-31-24-20(28)5-2-6-22(24)35-27/h2,5-12,14,18H,3-4,13,15H2,1H3,(H,29,33). The van der Waals surface area contributed by atoms with Crippen LogP contribution in [0.4, 0.5) is 15.2 Å². The van der Waals surface area contributed by atoms with Crippen molar-refractivity contribution in [2.75, 3.05) is 23.3 Å². The number of aryl methyl sites for hydroxylation is 1. The molecule has 8 heteroatoms. The minimum absolute atomic E-state index is 0.00482. The van der Waals surface area contributed by atoms with E-state index in [2.05, 4.69) is 40.3 Å². The summed E-state index contributed by atoms with van der Waals surface area (Å²) in [6, 6.07) is 19.2. The summed E-state index contributed by atoms with van der Waals surface area (Å²) < 4.78 is 16.1. The molecule has 1 saturated heterocycles. The van der Waals surface area contributed by atoms with Gasteiger partial charge >= 0.3 is 0 Å². The van der Waals surface area contributed by atoms with E-state index in [1.165, 1.54) is 27.7 Å². The van der Waals surface area contributed by atoms with Gasteiger partial charge in [0.05, 0.1) is 20.8 Å². The Morgan fingerprint density at radius 3 is 2.74 bits per heavy atom. The number of rotatable bonds is 4. The number of carbonyl (C=O) groups is 1. The summed E-state index contributed by atoms with van der Waals surface area (Å²) in [5.74, 6) is -0.446. The molecule has 0 spiro atoms. The molecule has 1 aliphatic heterocycles. The van der Waals surface area contributed by atoms with Crippen LogP contribution in [-0.2, 0) is 4.79 Å². The van der Waals surface area contributed by atoms with Crippen molar-refractivity contribution in [3.8, 4) is 10.6 Å². The normalized spacial score (nSPS) is 16.2. The Hall–Kier alpha value is -3.36. The van der Waals surface area contributed by atoms with E-state index in [4.69, 9.17) is 4.98 Å². The minimum atomic E-state index is -0.305. The molecule has 3 aromatic carbocycles. The van der Waals surface area contributed by atoms with E-state index in [0.29, 0.717) is 12.1 Å². The molecule has 0 bridgehead atoms. The number of nitrogens with zero attached hydrogens (tertiary/aromatic N) is 3. The summed E-state index contributed by atoms with van der Waals surface area (Å²) in [7, 11) is 0. The summed E-state index contributed by atoms with van der Waals surface area (Å²) in [4.78, 5) is 24.4. The largest absolute Gasteiger partial charge is 0.347 e. The van der Waals surface area contributed by atoms with Crippen molar-refractivity contribution >= 4 is 59.8 Å². The van der Waals surface area contributed by atoms with Crippen molar-refractivity contribution in [1.82, 2.24) is 9.97 Å². The number of halogens is 1. The van der Waals surface area contributed by atoms with Crippen LogP contribution in [0, 0.1) is 18.7 Å². The lowest BCUT2D eigenvalue weighted by Crippen LogP contribution is -2.40. The van der Waals surface area contributed by atoms with Gasteiger partial charge in [0, 0.05) is 24.3 Å². The van der Waals surface area contributed by atoms with E-state index >= 15 is 0 Å². The van der Waals surface area contributed by atoms with Crippen LogP contribution >= 0.6 is 22.7 Å². The van der Waals surface area contributed by atoms with E-state index in [1.54, 1.807) is 17.4 Å². The number of anilines is 2. The molecule has 6 rings (SSSR count). The number of hydrogen-bond acceptors (Lipinski definition) is 6. The maximum atomic E-state index is 14.1. The number of aromatic nitrogens is 2. The summed E-state index contributed by atoms with van der Waals surface area (Å²) in [5, 5.41) is 4.82. The van der Waals surface area contributed by atoms with Gasteiger partial charge < -0.3 is 10.2 Å². The van der Waals surface area contributed by atoms with Gasteiger partial charge in [0.2, 0.25) is 5.91 Å². The monoisotopic (exact) mass is 502 g/mol. The molecule has 1 N–H and O–H groups in total. The fourth-order valence-electron chi connectivity index (χ4n) is 4.50. The number of thiazole rings is 2. The molecular formula is C27H23FN4OS2. The van der Waals surface area contributed by atoms with Crippen molar-refractivity contribution in [3.63, 3.8) is 0 Å². The lowest BCUT2D eigenvalue weighted by molar-refractivity contribution is -0.120. The maximum absolute atomic E-state index is 14.1. The van der Waals surface area contributed by atoms with E-state index < -0.39 is 0 Å². The fourth-order valence-corrected chi connectivity index (χ4v) is 6.58. The Labute approximate surface area is 210 Å². The molecule has 3 heterocycles. The Morgan fingerprint density at radius 2 is 1.91 bits per heavy atom. The van der Waals surface area contributed by atoms with E-state index in [1.807, 2.05) is 30.3 Å². The number of nitrogens with one attached hydrogen (secondary N) is 1. The van der Waals surface area contributed by atoms with Crippen LogP contribution in [0.5, 0.6) is 0 Å². The SMILES string of the molecule is Cc1ccc2nc(-c3ccc(NC(=O)C4CCCN(c5nc6c(F)cccc6s5)C4)cc3)sc2c1. The van der Waals surface area contributed by atoms with Gasteiger partial charge in [-0.1, -0.05) is 23.5 Å². The van der Waals surface area contributed by atoms with E-state index in [-0.39, 0.29) is 17.6 Å². The van der Waals surface area contributed by atoms with Gasteiger partial charge in [0.1, 0.15) is 16.3 Å². The molecule has 5 nitrogen and oxygen atoms in total. The highest BCUT2D eigenvalue weighted by Gasteiger charge is 2.28. The van der Waals surface area contributed by atoms with Crippen LogP contribution in [0.3, 0.4) is 0 Å². The van der Waals surface area contributed by atoms with Gasteiger partial charge in [0.25, 0.3) is 0 Å². The van der Waals surface area contributed by atoms with Crippen LogP contribution < -0.4 is 10.2 Å². The van der Waals surface area contributed by atoms with Crippen LogP contribution in [0.15, 0.2) is 60.7 Å². The Bertz CT molecular complexity index is 1540. The Morgan fingerprint density at radius 1 is 1.06 bits per heavy atom. The lowest BCUT2D eigenvalue weighted by Gasteiger charge is -2.31. The molecule has 1 amide bonds. The molecule has 0 radical (unpaired) electrons. The van der Waals surface area contributed by atoms with Gasteiger partial charge in [0.15, 0.2) is 5.13 Å². The molecule has 35 heavy (non-hydrogen) atoms. The minimum Gasteiger partial charge on any atom is -0.347 e. The predicted octanol–water partition coefficient (Wildman–Crippen LogP) is 6.88. The summed E-state index contributed by atoms with van der Waals surface area (Å²) in [6.45, 7) is 3.48. The summed E-state index contributed by atoms with van der Waals surface area (Å²) in [6.07, 6.45) is 1.72. The number of piperidine rings is 1. The zero-order valence-electron chi connectivity index (χ0n) is 19.1. The van der Waals surface area contributed by atoms with Gasteiger partial charge in [-0.2, -0.15) is 0 Å².